The number of aryl methyl sites for hydroxylation is 1. The molecule has 30 heavy (non-hydrogen) atoms. The lowest BCUT2D eigenvalue weighted by atomic mass is 9.91. The Morgan fingerprint density at radius 1 is 1.37 bits per heavy atom. The summed E-state index contributed by atoms with van der Waals surface area (Å²) < 4.78 is 16.9. The molecule has 0 saturated heterocycles. The third kappa shape index (κ3) is 3.71. The molecule has 2 aromatic carbocycles. The first kappa shape index (κ1) is 20.2. The number of nitrogens with one attached hydrogen (secondary N) is 1. The summed E-state index contributed by atoms with van der Waals surface area (Å²) in [4.78, 5) is 2.19. The van der Waals surface area contributed by atoms with Crippen LogP contribution in [0.2, 0.25) is 0 Å². The highest BCUT2D eigenvalue weighted by molar-refractivity contribution is 5.63. The van der Waals surface area contributed by atoms with Gasteiger partial charge >= 0.3 is 0 Å². The quantitative estimate of drug-likeness (QED) is 0.587. The van der Waals surface area contributed by atoms with Gasteiger partial charge in [-0.15, -0.1) is 0 Å². The number of hydrogen-bond acceptors (Lipinski definition) is 8. The van der Waals surface area contributed by atoms with Crippen LogP contribution >= 0.6 is 0 Å². The summed E-state index contributed by atoms with van der Waals surface area (Å²) in [6.07, 6.45) is 0.883. The molecule has 1 atom stereocenters. The maximum absolute atomic E-state index is 11.1. The Balaban J connectivity index is 1.57. The summed E-state index contributed by atoms with van der Waals surface area (Å²) in [7, 11) is 3.67. The summed E-state index contributed by atoms with van der Waals surface area (Å²) in [5.74, 6) is 8.55. The van der Waals surface area contributed by atoms with E-state index in [4.69, 9.17) is 19.4 Å². The number of rotatable bonds is 4. The zero-order valence-electron chi connectivity index (χ0n) is 17.2. The number of hydrogen-bond donors (Lipinski definition) is 2. The van der Waals surface area contributed by atoms with Gasteiger partial charge in [-0.3, -0.25) is 10.1 Å². The van der Waals surface area contributed by atoms with Gasteiger partial charge in [-0.05, 0) is 49.7 Å². The van der Waals surface area contributed by atoms with Crippen LogP contribution in [0.25, 0.3) is 0 Å². The molecular weight excluding hydrogens is 386 g/mol. The van der Waals surface area contributed by atoms with Crippen molar-refractivity contribution >= 4 is 11.4 Å². The van der Waals surface area contributed by atoms with E-state index in [2.05, 4.69) is 22.1 Å². The van der Waals surface area contributed by atoms with Crippen LogP contribution in [0.3, 0.4) is 0 Å². The molecule has 0 fully saturated rings. The Morgan fingerprint density at radius 3 is 2.97 bits per heavy atom. The molecule has 8 heteroatoms. The van der Waals surface area contributed by atoms with Gasteiger partial charge in [-0.1, -0.05) is 17.9 Å². The Hall–Kier alpha value is -3.12. The molecule has 0 aromatic heterocycles. The Morgan fingerprint density at radius 2 is 2.20 bits per heavy atom. The Labute approximate surface area is 175 Å². The zero-order chi connectivity index (χ0) is 21.3. The summed E-state index contributed by atoms with van der Waals surface area (Å²) >= 11 is 0. The average molecular weight is 410 g/mol. The maximum atomic E-state index is 11.1. The molecular formula is C22H24N3O5-. The van der Waals surface area contributed by atoms with Crippen LogP contribution in [-0.4, -0.2) is 44.1 Å². The van der Waals surface area contributed by atoms with Crippen LogP contribution < -0.4 is 24.8 Å². The molecule has 4 rings (SSSR count). The van der Waals surface area contributed by atoms with Gasteiger partial charge in [0.1, 0.15) is 6.04 Å². The molecule has 2 N–H and O–H groups in total. The largest absolute Gasteiger partial charge is 0.733 e. The third-order valence-electron chi connectivity index (χ3n) is 5.44. The summed E-state index contributed by atoms with van der Waals surface area (Å²) in [6.45, 7) is 3.38. The molecule has 2 heterocycles. The van der Waals surface area contributed by atoms with Crippen molar-refractivity contribution in [3.05, 3.63) is 46.2 Å². The average Bonchev–Trinajstić information content (AvgIpc) is 3.20. The van der Waals surface area contributed by atoms with Gasteiger partial charge in [-0.25, -0.2) is 0 Å². The van der Waals surface area contributed by atoms with Crippen LogP contribution in [-0.2, 0) is 6.42 Å². The normalized spacial score (nSPS) is 17.0. The van der Waals surface area contributed by atoms with Gasteiger partial charge in [0.15, 0.2) is 11.5 Å². The van der Waals surface area contributed by atoms with Crippen molar-refractivity contribution in [2.45, 2.75) is 19.4 Å². The lowest BCUT2D eigenvalue weighted by Crippen LogP contribution is -2.31. The lowest BCUT2D eigenvalue weighted by Gasteiger charge is -2.32. The Kier molecular flexibility index (Phi) is 5.59. The number of likely N-dealkylation sites (N-methyl/N-ethyl adjacent to an activating group) is 1. The first-order chi connectivity index (χ1) is 14.5. The minimum absolute atomic E-state index is 0.137. The molecule has 2 aliphatic rings. The van der Waals surface area contributed by atoms with Crippen molar-refractivity contribution in [2.24, 2.45) is 0 Å². The van der Waals surface area contributed by atoms with Crippen molar-refractivity contribution < 1.29 is 19.4 Å². The Bertz CT molecular complexity index is 1010. The number of ether oxygens (including phenoxy) is 3. The highest BCUT2D eigenvalue weighted by Gasteiger charge is 2.33. The zero-order valence-corrected chi connectivity index (χ0v) is 17.2. The van der Waals surface area contributed by atoms with Gasteiger partial charge in [0.2, 0.25) is 12.5 Å². The van der Waals surface area contributed by atoms with Crippen LogP contribution in [0.15, 0.2) is 24.3 Å². The minimum atomic E-state index is -0.152. The molecule has 0 bridgehead atoms. The smallest absolute Gasteiger partial charge is 0.231 e. The monoisotopic (exact) mass is 410 g/mol. The van der Waals surface area contributed by atoms with Crippen molar-refractivity contribution in [3.8, 4) is 29.1 Å². The summed E-state index contributed by atoms with van der Waals surface area (Å²) in [5, 5.41) is 23.3. The van der Waals surface area contributed by atoms with E-state index in [9.17, 15) is 5.21 Å². The van der Waals surface area contributed by atoms with E-state index in [1.54, 1.807) is 25.3 Å². The number of methoxy groups -OCH3 is 1. The standard InChI is InChI=1S/C22H24N3O5/c1-14-6-7-16(25(26)27)12-17(14)23-9-4-5-18-20-15(8-10-24(18)2)11-19-21(22(20)28-3)30-13-29-19/h6-7,11-12,18,23,26H,8-10,13H2,1-3H3/q-1/t18-/m1/s1. The number of nitrogens with zero attached hydrogens (tertiary/aromatic N) is 2. The van der Waals surface area contributed by atoms with E-state index in [0.29, 0.717) is 18.0 Å². The molecule has 0 unspecified atom stereocenters. The van der Waals surface area contributed by atoms with Crippen LogP contribution in [0.4, 0.5) is 11.4 Å². The van der Waals surface area contributed by atoms with E-state index in [1.807, 2.05) is 20.0 Å². The predicted octanol–water partition coefficient (Wildman–Crippen LogP) is 3.07. The fourth-order valence-electron chi connectivity index (χ4n) is 3.82. The van der Waals surface area contributed by atoms with E-state index in [0.717, 1.165) is 41.1 Å². The molecule has 2 aliphatic heterocycles. The molecule has 0 saturated carbocycles. The number of benzene rings is 2. The topological polar surface area (TPSA) is 89.5 Å². The molecule has 0 amide bonds. The number of anilines is 2. The van der Waals surface area contributed by atoms with E-state index < -0.39 is 0 Å². The van der Waals surface area contributed by atoms with E-state index >= 15 is 0 Å². The fraction of sp³-hybridized carbons (Fsp3) is 0.364. The van der Waals surface area contributed by atoms with Crippen molar-refractivity contribution in [3.63, 3.8) is 0 Å². The fourth-order valence-corrected chi connectivity index (χ4v) is 3.82. The summed E-state index contributed by atoms with van der Waals surface area (Å²) in [5.41, 5.74) is 4.04. The minimum Gasteiger partial charge on any atom is -0.733 e. The molecule has 0 aliphatic carbocycles. The van der Waals surface area contributed by atoms with Gasteiger partial charge in [0, 0.05) is 17.8 Å². The van der Waals surface area contributed by atoms with E-state index in [1.165, 1.54) is 0 Å². The molecule has 2 aromatic rings. The van der Waals surface area contributed by atoms with Gasteiger partial charge in [0.25, 0.3) is 0 Å². The SMILES string of the molecule is COc1c2c(cc3c1[C@@H](C#CCNc1cc(N([O-])O)ccc1C)N(C)CC3)OCO2. The molecule has 158 valence electrons. The first-order valence-corrected chi connectivity index (χ1v) is 9.68. The highest BCUT2D eigenvalue weighted by Crippen LogP contribution is 2.49. The van der Waals surface area contributed by atoms with Gasteiger partial charge < -0.3 is 30.0 Å². The van der Waals surface area contributed by atoms with E-state index in [-0.39, 0.29) is 23.7 Å². The highest BCUT2D eigenvalue weighted by atomic mass is 16.8. The van der Waals surface area contributed by atoms with Crippen LogP contribution in [0.1, 0.15) is 22.7 Å². The first-order valence-electron chi connectivity index (χ1n) is 9.68. The second-order valence-electron chi connectivity index (χ2n) is 7.30. The molecule has 0 spiro atoms. The van der Waals surface area contributed by atoms with Crippen molar-refractivity contribution in [1.29, 1.82) is 0 Å². The van der Waals surface area contributed by atoms with Crippen LogP contribution in [0, 0.1) is 24.0 Å². The van der Waals surface area contributed by atoms with Crippen LogP contribution in [0.5, 0.6) is 17.2 Å². The molecule has 8 nitrogen and oxygen atoms in total. The third-order valence-corrected chi connectivity index (χ3v) is 5.44. The predicted molar refractivity (Wildman–Crippen MR) is 113 cm³/mol. The summed E-state index contributed by atoms with van der Waals surface area (Å²) in [6, 6.07) is 6.81. The van der Waals surface area contributed by atoms with Gasteiger partial charge in [-0.2, -0.15) is 0 Å². The van der Waals surface area contributed by atoms with Crippen molar-refractivity contribution in [1.82, 2.24) is 4.90 Å². The number of fused-ring (bicyclic) bond motifs is 2. The van der Waals surface area contributed by atoms with Crippen molar-refractivity contribution in [2.75, 3.05) is 44.6 Å². The van der Waals surface area contributed by atoms with Gasteiger partial charge in [0.05, 0.1) is 19.3 Å². The molecule has 0 radical (unpaired) electrons. The maximum Gasteiger partial charge on any atom is 0.231 e. The second-order valence-corrected chi connectivity index (χ2v) is 7.30. The second kappa shape index (κ2) is 8.32. The lowest BCUT2D eigenvalue weighted by molar-refractivity contribution is 0.171.